The van der Waals surface area contributed by atoms with E-state index in [2.05, 4.69) is 10.3 Å². The highest BCUT2D eigenvalue weighted by molar-refractivity contribution is 5.77. The fourth-order valence-corrected chi connectivity index (χ4v) is 1.54. The number of carbonyl (C=O) groups is 1. The average molecular weight is 256 g/mol. The summed E-state index contributed by atoms with van der Waals surface area (Å²) in [6, 6.07) is 11.6. The Morgan fingerprint density at radius 1 is 1.26 bits per heavy atom. The SMILES string of the molecule is Cc1ccc(CNC(=O)COc2cccnc2)cc1. The zero-order valence-electron chi connectivity index (χ0n) is 10.8. The van der Waals surface area contributed by atoms with Crippen LogP contribution in [0.25, 0.3) is 0 Å². The van der Waals surface area contributed by atoms with Gasteiger partial charge in [0, 0.05) is 12.7 Å². The average Bonchev–Trinajstić information content (AvgIpc) is 2.45. The lowest BCUT2D eigenvalue weighted by atomic mass is 10.1. The summed E-state index contributed by atoms with van der Waals surface area (Å²) in [4.78, 5) is 15.5. The fraction of sp³-hybridized carbons (Fsp3) is 0.200. The van der Waals surface area contributed by atoms with Crippen molar-refractivity contribution in [2.45, 2.75) is 13.5 Å². The van der Waals surface area contributed by atoms with Crippen molar-refractivity contribution in [3.8, 4) is 5.75 Å². The molecule has 4 nitrogen and oxygen atoms in total. The van der Waals surface area contributed by atoms with E-state index in [1.54, 1.807) is 24.5 Å². The van der Waals surface area contributed by atoms with E-state index in [4.69, 9.17) is 4.74 Å². The van der Waals surface area contributed by atoms with Crippen LogP contribution in [0.15, 0.2) is 48.8 Å². The molecule has 4 heteroatoms. The molecule has 19 heavy (non-hydrogen) atoms. The number of nitrogens with one attached hydrogen (secondary N) is 1. The molecule has 0 saturated heterocycles. The number of pyridine rings is 1. The van der Waals surface area contributed by atoms with Crippen molar-refractivity contribution >= 4 is 5.91 Å². The minimum atomic E-state index is -0.149. The van der Waals surface area contributed by atoms with Crippen molar-refractivity contribution < 1.29 is 9.53 Å². The van der Waals surface area contributed by atoms with Gasteiger partial charge in [0.1, 0.15) is 5.75 Å². The molecule has 1 amide bonds. The van der Waals surface area contributed by atoms with E-state index in [1.807, 2.05) is 31.2 Å². The molecule has 1 N–H and O–H groups in total. The summed E-state index contributed by atoms with van der Waals surface area (Å²) in [7, 11) is 0. The van der Waals surface area contributed by atoms with Crippen LogP contribution >= 0.6 is 0 Å². The first kappa shape index (κ1) is 13.1. The molecule has 1 aromatic carbocycles. The molecule has 98 valence electrons. The Kier molecular flexibility index (Phi) is 4.50. The number of aromatic nitrogens is 1. The minimum absolute atomic E-state index is 0.00243. The molecule has 0 aliphatic heterocycles. The summed E-state index contributed by atoms with van der Waals surface area (Å²) in [6.45, 7) is 2.54. The number of rotatable bonds is 5. The lowest BCUT2D eigenvalue weighted by molar-refractivity contribution is -0.123. The fourth-order valence-electron chi connectivity index (χ4n) is 1.54. The monoisotopic (exact) mass is 256 g/mol. The maximum Gasteiger partial charge on any atom is 0.258 e. The zero-order valence-corrected chi connectivity index (χ0v) is 10.8. The standard InChI is InChI=1S/C15H16N2O2/c1-12-4-6-13(7-5-12)9-17-15(18)11-19-14-3-2-8-16-10-14/h2-8,10H,9,11H2,1H3,(H,17,18). The molecule has 0 atom stereocenters. The summed E-state index contributed by atoms with van der Waals surface area (Å²) < 4.78 is 5.30. The Morgan fingerprint density at radius 3 is 2.74 bits per heavy atom. The highest BCUT2D eigenvalue weighted by Crippen LogP contribution is 2.05. The highest BCUT2D eigenvalue weighted by Gasteiger charge is 2.02. The highest BCUT2D eigenvalue weighted by atomic mass is 16.5. The summed E-state index contributed by atoms with van der Waals surface area (Å²) in [5.74, 6) is 0.442. The van der Waals surface area contributed by atoms with Gasteiger partial charge < -0.3 is 10.1 Å². The van der Waals surface area contributed by atoms with E-state index in [-0.39, 0.29) is 12.5 Å². The molecule has 0 saturated carbocycles. The van der Waals surface area contributed by atoms with Gasteiger partial charge in [0.05, 0.1) is 6.20 Å². The molecule has 0 unspecified atom stereocenters. The summed E-state index contributed by atoms with van der Waals surface area (Å²) >= 11 is 0. The summed E-state index contributed by atoms with van der Waals surface area (Å²) in [6.07, 6.45) is 3.23. The van der Waals surface area contributed by atoms with Crippen molar-refractivity contribution in [3.05, 3.63) is 59.9 Å². The van der Waals surface area contributed by atoms with Gasteiger partial charge in [-0.1, -0.05) is 29.8 Å². The number of hydrogen-bond acceptors (Lipinski definition) is 3. The lowest BCUT2D eigenvalue weighted by Crippen LogP contribution is -2.28. The normalized spacial score (nSPS) is 9.95. The van der Waals surface area contributed by atoms with Crippen molar-refractivity contribution in [2.75, 3.05) is 6.61 Å². The molecule has 0 bridgehead atoms. The molecular formula is C15H16N2O2. The van der Waals surface area contributed by atoms with Crippen LogP contribution in [-0.4, -0.2) is 17.5 Å². The molecule has 0 aliphatic carbocycles. The number of ether oxygens (including phenoxy) is 1. The van der Waals surface area contributed by atoms with Crippen LogP contribution in [0.1, 0.15) is 11.1 Å². The van der Waals surface area contributed by atoms with Gasteiger partial charge in [-0.3, -0.25) is 9.78 Å². The maximum absolute atomic E-state index is 11.6. The second-order valence-corrected chi connectivity index (χ2v) is 4.24. The van der Waals surface area contributed by atoms with Crippen LogP contribution in [0.2, 0.25) is 0 Å². The van der Waals surface area contributed by atoms with Gasteiger partial charge in [-0.15, -0.1) is 0 Å². The third-order valence-electron chi connectivity index (χ3n) is 2.61. The Balaban J connectivity index is 1.74. The molecule has 0 radical (unpaired) electrons. The topological polar surface area (TPSA) is 51.2 Å². The van der Waals surface area contributed by atoms with E-state index in [1.165, 1.54) is 5.56 Å². The number of benzene rings is 1. The molecular weight excluding hydrogens is 240 g/mol. The van der Waals surface area contributed by atoms with E-state index in [0.29, 0.717) is 12.3 Å². The van der Waals surface area contributed by atoms with Gasteiger partial charge in [-0.25, -0.2) is 0 Å². The Morgan fingerprint density at radius 2 is 2.05 bits per heavy atom. The van der Waals surface area contributed by atoms with Crippen LogP contribution in [0, 0.1) is 6.92 Å². The van der Waals surface area contributed by atoms with E-state index >= 15 is 0 Å². The number of carbonyl (C=O) groups excluding carboxylic acids is 1. The minimum Gasteiger partial charge on any atom is -0.482 e. The molecule has 2 aromatic rings. The van der Waals surface area contributed by atoms with Crippen LogP contribution in [0.4, 0.5) is 0 Å². The number of hydrogen-bond donors (Lipinski definition) is 1. The number of nitrogens with zero attached hydrogens (tertiary/aromatic N) is 1. The van der Waals surface area contributed by atoms with Crippen LogP contribution in [0.5, 0.6) is 5.75 Å². The largest absolute Gasteiger partial charge is 0.482 e. The van der Waals surface area contributed by atoms with Gasteiger partial charge in [0.15, 0.2) is 6.61 Å². The van der Waals surface area contributed by atoms with E-state index < -0.39 is 0 Å². The van der Waals surface area contributed by atoms with Crippen LogP contribution < -0.4 is 10.1 Å². The molecule has 0 aliphatic rings. The first-order valence-electron chi connectivity index (χ1n) is 6.09. The Hall–Kier alpha value is -2.36. The first-order chi connectivity index (χ1) is 9.24. The molecule has 1 aromatic heterocycles. The molecule has 2 rings (SSSR count). The molecule has 0 fully saturated rings. The van der Waals surface area contributed by atoms with E-state index in [9.17, 15) is 4.79 Å². The maximum atomic E-state index is 11.6. The Labute approximate surface area is 112 Å². The third kappa shape index (κ3) is 4.43. The van der Waals surface area contributed by atoms with Crippen molar-refractivity contribution in [1.82, 2.24) is 10.3 Å². The predicted octanol–water partition coefficient (Wildman–Crippen LogP) is 2.09. The van der Waals surface area contributed by atoms with Crippen molar-refractivity contribution in [1.29, 1.82) is 0 Å². The summed E-state index contributed by atoms with van der Waals surface area (Å²) in [5, 5.41) is 2.80. The predicted molar refractivity (Wildman–Crippen MR) is 72.8 cm³/mol. The smallest absolute Gasteiger partial charge is 0.258 e. The van der Waals surface area contributed by atoms with Gasteiger partial charge in [0.25, 0.3) is 5.91 Å². The Bertz CT molecular complexity index is 524. The zero-order chi connectivity index (χ0) is 13.5. The van der Waals surface area contributed by atoms with Crippen molar-refractivity contribution in [2.24, 2.45) is 0 Å². The second kappa shape index (κ2) is 6.54. The molecule has 1 heterocycles. The van der Waals surface area contributed by atoms with Gasteiger partial charge in [-0.05, 0) is 24.6 Å². The van der Waals surface area contributed by atoms with E-state index in [0.717, 1.165) is 5.56 Å². The van der Waals surface area contributed by atoms with Crippen molar-refractivity contribution in [3.63, 3.8) is 0 Å². The van der Waals surface area contributed by atoms with Crippen LogP contribution in [0.3, 0.4) is 0 Å². The van der Waals surface area contributed by atoms with Gasteiger partial charge in [-0.2, -0.15) is 0 Å². The second-order valence-electron chi connectivity index (χ2n) is 4.24. The van der Waals surface area contributed by atoms with Gasteiger partial charge >= 0.3 is 0 Å². The van der Waals surface area contributed by atoms with Gasteiger partial charge in [0.2, 0.25) is 0 Å². The van der Waals surface area contributed by atoms with Crippen LogP contribution in [-0.2, 0) is 11.3 Å². The number of aryl methyl sites for hydroxylation is 1. The third-order valence-corrected chi connectivity index (χ3v) is 2.61. The number of amides is 1. The quantitative estimate of drug-likeness (QED) is 0.891. The summed E-state index contributed by atoms with van der Waals surface area (Å²) in [5.41, 5.74) is 2.27. The first-order valence-corrected chi connectivity index (χ1v) is 6.09. The lowest BCUT2D eigenvalue weighted by Gasteiger charge is -2.07. The molecule has 0 spiro atoms.